The van der Waals surface area contributed by atoms with Gasteiger partial charge in [-0.15, -0.1) is 0 Å². The van der Waals surface area contributed by atoms with Crippen LogP contribution in [0.4, 0.5) is 10.5 Å². The number of carboxylic acids is 1. The van der Waals surface area contributed by atoms with Crippen molar-refractivity contribution in [2.45, 2.75) is 6.54 Å². The van der Waals surface area contributed by atoms with Crippen LogP contribution in [0.3, 0.4) is 0 Å². The monoisotopic (exact) mass is 337 g/mol. The normalized spacial score (nSPS) is 10.1. The molecule has 2 aromatic rings. The molecule has 7 heteroatoms. The summed E-state index contributed by atoms with van der Waals surface area (Å²) in [7, 11) is 0. The SMILES string of the molecule is O=C(NCc1ccc(C(=O)[O-])cc1)Nc1ccc(Cl)c(Cl)c1. The predicted octanol–water partition coefficient (Wildman–Crippen LogP) is 2.68. The van der Waals surface area contributed by atoms with Gasteiger partial charge in [0.25, 0.3) is 0 Å². The molecule has 2 aromatic carbocycles. The molecule has 0 saturated carbocycles. The number of aromatic carboxylic acids is 1. The molecule has 2 N–H and O–H groups in total. The van der Waals surface area contributed by atoms with E-state index in [-0.39, 0.29) is 12.1 Å². The number of carbonyl (C=O) groups excluding carboxylic acids is 2. The molecule has 0 saturated heterocycles. The third-order valence-electron chi connectivity index (χ3n) is 2.82. The van der Waals surface area contributed by atoms with Gasteiger partial charge in [0.05, 0.1) is 16.0 Å². The van der Waals surface area contributed by atoms with E-state index in [0.29, 0.717) is 15.7 Å². The zero-order valence-electron chi connectivity index (χ0n) is 11.2. The van der Waals surface area contributed by atoms with Crippen molar-refractivity contribution in [3.8, 4) is 0 Å². The van der Waals surface area contributed by atoms with Crippen LogP contribution in [0.5, 0.6) is 0 Å². The summed E-state index contributed by atoms with van der Waals surface area (Å²) in [4.78, 5) is 22.4. The molecule has 0 spiro atoms. The van der Waals surface area contributed by atoms with Crippen molar-refractivity contribution in [2.75, 3.05) is 5.32 Å². The first-order valence-corrected chi connectivity index (χ1v) is 7.01. The minimum absolute atomic E-state index is 0.0870. The number of rotatable bonds is 4. The Hall–Kier alpha value is -2.24. The summed E-state index contributed by atoms with van der Waals surface area (Å²) in [6.07, 6.45) is 0. The molecule has 0 fully saturated rings. The molecule has 5 nitrogen and oxygen atoms in total. The molecule has 0 radical (unpaired) electrons. The molecule has 0 aliphatic rings. The third-order valence-corrected chi connectivity index (χ3v) is 3.56. The Morgan fingerprint density at radius 3 is 2.27 bits per heavy atom. The van der Waals surface area contributed by atoms with E-state index in [4.69, 9.17) is 23.2 Å². The Kier molecular flexibility index (Phi) is 5.25. The molecule has 0 aromatic heterocycles. The summed E-state index contributed by atoms with van der Waals surface area (Å²) in [5.41, 5.74) is 1.36. The van der Waals surface area contributed by atoms with E-state index in [1.807, 2.05) is 0 Å². The topological polar surface area (TPSA) is 81.3 Å². The number of anilines is 1. The predicted molar refractivity (Wildman–Crippen MR) is 83.1 cm³/mol. The van der Waals surface area contributed by atoms with E-state index in [1.165, 1.54) is 18.2 Å². The van der Waals surface area contributed by atoms with Crippen LogP contribution in [0.25, 0.3) is 0 Å². The molecular weight excluding hydrogens is 327 g/mol. The minimum Gasteiger partial charge on any atom is -0.545 e. The average Bonchev–Trinajstić information content (AvgIpc) is 2.49. The number of nitrogens with one attached hydrogen (secondary N) is 2. The van der Waals surface area contributed by atoms with Gasteiger partial charge in [-0.05, 0) is 29.3 Å². The molecule has 0 atom stereocenters. The van der Waals surface area contributed by atoms with Gasteiger partial charge < -0.3 is 20.5 Å². The van der Waals surface area contributed by atoms with E-state index >= 15 is 0 Å². The van der Waals surface area contributed by atoms with Crippen molar-refractivity contribution in [3.63, 3.8) is 0 Å². The number of carbonyl (C=O) groups is 2. The van der Waals surface area contributed by atoms with E-state index in [1.54, 1.807) is 24.3 Å². The standard InChI is InChI=1S/C15H12Cl2N2O3/c16-12-6-5-11(7-13(12)17)19-15(22)18-8-9-1-3-10(4-2-9)14(20)21/h1-7H,8H2,(H,20,21)(H2,18,19,22)/p-1. The van der Waals surface area contributed by atoms with Crippen LogP contribution in [-0.4, -0.2) is 12.0 Å². The minimum atomic E-state index is -1.24. The van der Waals surface area contributed by atoms with Crippen LogP contribution in [0.15, 0.2) is 42.5 Å². The fourth-order valence-corrected chi connectivity index (χ4v) is 1.99. The molecular formula is C15H11Cl2N2O3-. The van der Waals surface area contributed by atoms with Gasteiger partial charge in [-0.2, -0.15) is 0 Å². The van der Waals surface area contributed by atoms with Crippen molar-refractivity contribution >= 4 is 40.9 Å². The Bertz CT molecular complexity index is 702. The quantitative estimate of drug-likeness (QED) is 0.899. The largest absolute Gasteiger partial charge is 0.545 e. The van der Waals surface area contributed by atoms with Crippen molar-refractivity contribution in [3.05, 3.63) is 63.6 Å². The molecule has 2 amide bonds. The van der Waals surface area contributed by atoms with Crippen LogP contribution in [0.1, 0.15) is 15.9 Å². The Labute approximate surface area is 136 Å². The number of benzene rings is 2. The highest BCUT2D eigenvalue weighted by atomic mass is 35.5. The first kappa shape index (κ1) is 16.1. The zero-order chi connectivity index (χ0) is 16.1. The Morgan fingerprint density at radius 1 is 1.00 bits per heavy atom. The number of hydrogen-bond acceptors (Lipinski definition) is 3. The van der Waals surface area contributed by atoms with Gasteiger partial charge >= 0.3 is 6.03 Å². The van der Waals surface area contributed by atoms with Crippen molar-refractivity contribution < 1.29 is 14.7 Å². The summed E-state index contributed by atoms with van der Waals surface area (Å²) in [6.45, 7) is 0.250. The van der Waals surface area contributed by atoms with Crippen LogP contribution in [0.2, 0.25) is 10.0 Å². The van der Waals surface area contributed by atoms with Crippen molar-refractivity contribution in [2.24, 2.45) is 0 Å². The Balaban J connectivity index is 1.89. The molecule has 0 aliphatic heterocycles. The molecule has 22 heavy (non-hydrogen) atoms. The highest BCUT2D eigenvalue weighted by Gasteiger charge is 2.04. The highest BCUT2D eigenvalue weighted by Crippen LogP contribution is 2.24. The zero-order valence-corrected chi connectivity index (χ0v) is 12.7. The lowest BCUT2D eigenvalue weighted by Gasteiger charge is -2.09. The van der Waals surface area contributed by atoms with Gasteiger partial charge in [0.1, 0.15) is 0 Å². The number of amides is 2. The van der Waals surface area contributed by atoms with Crippen molar-refractivity contribution in [1.29, 1.82) is 0 Å². The van der Waals surface area contributed by atoms with E-state index in [0.717, 1.165) is 5.56 Å². The highest BCUT2D eigenvalue weighted by molar-refractivity contribution is 6.42. The number of halogens is 2. The van der Waals surface area contributed by atoms with Gasteiger partial charge in [0.15, 0.2) is 0 Å². The maximum Gasteiger partial charge on any atom is 0.319 e. The van der Waals surface area contributed by atoms with Crippen LogP contribution in [0, 0.1) is 0 Å². The Morgan fingerprint density at radius 2 is 1.68 bits per heavy atom. The van der Waals surface area contributed by atoms with Crippen LogP contribution in [-0.2, 0) is 6.54 Å². The summed E-state index contributed by atoms with van der Waals surface area (Å²) in [6, 6.07) is 10.4. The second kappa shape index (κ2) is 7.15. The van der Waals surface area contributed by atoms with E-state index < -0.39 is 12.0 Å². The molecule has 2 rings (SSSR count). The smallest absolute Gasteiger partial charge is 0.319 e. The fourth-order valence-electron chi connectivity index (χ4n) is 1.69. The first-order chi connectivity index (χ1) is 10.5. The maximum atomic E-state index is 11.8. The number of hydrogen-bond donors (Lipinski definition) is 2. The summed E-state index contributed by atoms with van der Waals surface area (Å²) in [5, 5.41) is 16.6. The average molecular weight is 338 g/mol. The second-order valence-electron chi connectivity index (χ2n) is 4.42. The summed E-state index contributed by atoms with van der Waals surface area (Å²) in [5.74, 6) is -1.24. The molecule has 0 bridgehead atoms. The van der Waals surface area contributed by atoms with Gasteiger partial charge in [-0.1, -0.05) is 47.5 Å². The molecule has 0 aliphatic carbocycles. The summed E-state index contributed by atoms with van der Waals surface area (Å²) >= 11 is 11.6. The second-order valence-corrected chi connectivity index (χ2v) is 5.24. The van der Waals surface area contributed by atoms with Gasteiger partial charge in [0, 0.05) is 12.2 Å². The first-order valence-electron chi connectivity index (χ1n) is 6.26. The van der Waals surface area contributed by atoms with Crippen LogP contribution < -0.4 is 15.7 Å². The number of carboxylic acid groups (broad SMARTS) is 1. The van der Waals surface area contributed by atoms with E-state index in [9.17, 15) is 14.7 Å². The maximum absolute atomic E-state index is 11.8. The molecule has 0 unspecified atom stereocenters. The third kappa shape index (κ3) is 4.38. The van der Waals surface area contributed by atoms with Gasteiger partial charge in [0.2, 0.25) is 0 Å². The van der Waals surface area contributed by atoms with Gasteiger partial charge in [-0.25, -0.2) is 4.79 Å². The lowest BCUT2D eigenvalue weighted by molar-refractivity contribution is -0.255. The number of urea groups is 1. The fraction of sp³-hybridized carbons (Fsp3) is 0.0667. The molecule has 0 heterocycles. The van der Waals surface area contributed by atoms with Crippen LogP contribution >= 0.6 is 23.2 Å². The van der Waals surface area contributed by atoms with Gasteiger partial charge in [-0.3, -0.25) is 0 Å². The van der Waals surface area contributed by atoms with Crippen molar-refractivity contribution in [1.82, 2.24) is 5.32 Å². The lowest BCUT2D eigenvalue weighted by atomic mass is 10.1. The molecule has 114 valence electrons. The van der Waals surface area contributed by atoms with E-state index in [2.05, 4.69) is 10.6 Å². The summed E-state index contributed by atoms with van der Waals surface area (Å²) < 4.78 is 0. The lowest BCUT2D eigenvalue weighted by Crippen LogP contribution is -2.28.